The van der Waals surface area contributed by atoms with Gasteiger partial charge in [-0.15, -0.1) is 0 Å². The van der Waals surface area contributed by atoms with Crippen molar-refractivity contribution in [2.45, 2.75) is 296 Å². The second-order valence-corrected chi connectivity index (χ2v) is 22.4. The Kier molecular flexibility index (Phi) is 48.8. The van der Waals surface area contributed by atoms with Gasteiger partial charge in [-0.3, -0.25) is 14.2 Å². The Balaban J connectivity index is 3.90. The minimum absolute atomic E-state index is 0.0292. The van der Waals surface area contributed by atoms with Gasteiger partial charge in [0.15, 0.2) is 6.10 Å². The van der Waals surface area contributed by atoms with Gasteiger partial charge < -0.3 is 27.9 Å². The summed E-state index contributed by atoms with van der Waals surface area (Å²) in [5.41, 5.74) is 0. The predicted molar refractivity (Wildman–Crippen MR) is 282 cm³/mol. The van der Waals surface area contributed by atoms with Crippen LogP contribution in [-0.2, 0) is 32.7 Å². The summed E-state index contributed by atoms with van der Waals surface area (Å²) in [4.78, 5) is 37.7. The van der Waals surface area contributed by atoms with E-state index in [4.69, 9.17) is 18.5 Å². The van der Waals surface area contributed by atoms with E-state index in [1.807, 2.05) is 21.1 Å². The lowest BCUT2D eigenvalue weighted by Crippen LogP contribution is -2.37. The van der Waals surface area contributed by atoms with Gasteiger partial charge in [-0.1, -0.05) is 257 Å². The molecule has 0 N–H and O–H groups in total. The van der Waals surface area contributed by atoms with Crippen molar-refractivity contribution >= 4 is 19.8 Å². The molecule has 9 nitrogen and oxygen atoms in total. The fourth-order valence-corrected chi connectivity index (χ4v) is 9.25. The fourth-order valence-electron chi connectivity index (χ4n) is 8.52. The zero-order chi connectivity index (χ0) is 49.2. The molecule has 0 radical (unpaired) electrons. The zero-order valence-electron chi connectivity index (χ0n) is 45.1. The topological polar surface area (TPSA) is 111 Å². The number of carbonyl (C=O) groups excluding carboxylic acids is 2. The van der Waals surface area contributed by atoms with Gasteiger partial charge in [-0.25, -0.2) is 0 Å². The maximum atomic E-state index is 12.7. The summed E-state index contributed by atoms with van der Waals surface area (Å²) in [6.07, 6.45) is 57.2. The van der Waals surface area contributed by atoms with Crippen LogP contribution in [0.1, 0.15) is 290 Å². The lowest BCUT2D eigenvalue weighted by molar-refractivity contribution is -0.870. The van der Waals surface area contributed by atoms with Crippen molar-refractivity contribution in [3.63, 3.8) is 0 Å². The highest BCUT2D eigenvalue weighted by Crippen LogP contribution is 2.38. The van der Waals surface area contributed by atoms with Gasteiger partial charge in [0, 0.05) is 12.8 Å². The van der Waals surface area contributed by atoms with E-state index < -0.39 is 26.5 Å². The second-order valence-electron chi connectivity index (χ2n) is 21.0. The zero-order valence-corrected chi connectivity index (χ0v) is 46.0. The molecular formula is C57H112NO8P. The molecule has 0 bridgehead atoms. The summed E-state index contributed by atoms with van der Waals surface area (Å²) >= 11 is 0. The number of phosphoric acid groups is 1. The first-order valence-corrected chi connectivity index (χ1v) is 30.4. The minimum Gasteiger partial charge on any atom is -0.756 e. The van der Waals surface area contributed by atoms with E-state index in [2.05, 4.69) is 26.0 Å². The smallest absolute Gasteiger partial charge is 0.306 e. The molecule has 0 aromatic heterocycles. The lowest BCUT2D eigenvalue weighted by Gasteiger charge is -2.28. The van der Waals surface area contributed by atoms with E-state index in [9.17, 15) is 19.0 Å². The Labute approximate surface area is 416 Å². The lowest BCUT2D eigenvalue weighted by atomic mass is 10.0. The number of esters is 2. The molecule has 0 aliphatic rings. The number of rotatable bonds is 54. The highest BCUT2D eigenvalue weighted by atomic mass is 31.2. The fraction of sp³-hybridized carbons (Fsp3) is 0.930. The van der Waals surface area contributed by atoms with E-state index in [0.29, 0.717) is 17.4 Å². The molecule has 0 amide bonds. The average Bonchev–Trinajstić information content (AvgIpc) is 3.29. The van der Waals surface area contributed by atoms with Crippen LogP contribution in [0.15, 0.2) is 12.2 Å². The number of allylic oxidation sites excluding steroid dienone is 2. The molecule has 0 heterocycles. The number of likely N-dealkylation sites (N-methyl/N-ethyl adjacent to an activating group) is 1. The van der Waals surface area contributed by atoms with Crippen LogP contribution >= 0.6 is 7.82 Å². The summed E-state index contributed by atoms with van der Waals surface area (Å²) in [7, 11) is 1.17. The van der Waals surface area contributed by atoms with Crippen molar-refractivity contribution in [2.75, 3.05) is 47.5 Å². The third-order valence-corrected chi connectivity index (χ3v) is 14.0. The van der Waals surface area contributed by atoms with Crippen molar-refractivity contribution in [3.8, 4) is 0 Å². The van der Waals surface area contributed by atoms with E-state index in [1.165, 1.54) is 199 Å². The summed E-state index contributed by atoms with van der Waals surface area (Å²) < 4.78 is 34.0. The number of hydrogen-bond acceptors (Lipinski definition) is 8. The maximum absolute atomic E-state index is 12.7. The van der Waals surface area contributed by atoms with E-state index in [-0.39, 0.29) is 32.0 Å². The first kappa shape index (κ1) is 65.8. The number of quaternary nitrogens is 1. The Hall–Kier alpha value is -1.25. The summed E-state index contributed by atoms with van der Waals surface area (Å²) in [6, 6.07) is 0. The van der Waals surface area contributed by atoms with Crippen LogP contribution in [0.25, 0.3) is 0 Å². The number of unbranched alkanes of at least 4 members (excludes halogenated alkanes) is 38. The van der Waals surface area contributed by atoms with Crippen LogP contribution in [-0.4, -0.2) is 70.0 Å². The Bertz CT molecular complexity index is 1140. The van der Waals surface area contributed by atoms with Gasteiger partial charge >= 0.3 is 11.9 Å². The minimum atomic E-state index is -4.63. The van der Waals surface area contributed by atoms with Gasteiger partial charge in [-0.2, -0.15) is 0 Å². The number of nitrogens with zero attached hydrogens (tertiary/aromatic N) is 1. The molecule has 0 fully saturated rings. The van der Waals surface area contributed by atoms with Crippen molar-refractivity contribution in [1.29, 1.82) is 0 Å². The normalized spacial score (nSPS) is 13.3. The average molecular weight is 970 g/mol. The molecule has 2 atom stereocenters. The molecule has 0 saturated heterocycles. The second kappa shape index (κ2) is 49.7. The van der Waals surface area contributed by atoms with Gasteiger partial charge in [0.25, 0.3) is 7.82 Å². The summed E-state index contributed by atoms with van der Waals surface area (Å²) in [5.74, 6) is -0.831. The van der Waals surface area contributed by atoms with Crippen LogP contribution in [0.5, 0.6) is 0 Å². The van der Waals surface area contributed by atoms with Crippen LogP contribution in [0.2, 0.25) is 0 Å². The van der Waals surface area contributed by atoms with Gasteiger partial charge in [0.2, 0.25) is 0 Å². The largest absolute Gasteiger partial charge is 0.756 e. The maximum Gasteiger partial charge on any atom is 0.306 e. The number of hydrogen-bond donors (Lipinski definition) is 0. The summed E-state index contributed by atoms with van der Waals surface area (Å²) in [6.45, 7) is 4.23. The molecular weight excluding hydrogens is 858 g/mol. The first-order chi connectivity index (χ1) is 32.5. The third-order valence-electron chi connectivity index (χ3n) is 13.0. The molecule has 0 aliphatic carbocycles. The Morgan fingerprint density at radius 3 is 1.15 bits per heavy atom. The molecule has 0 aromatic rings. The van der Waals surface area contributed by atoms with Crippen molar-refractivity contribution < 1.29 is 42.1 Å². The molecule has 10 heteroatoms. The SMILES string of the molecule is CCCC/C=C\CCCCCCCC(=O)OC(COC(=O)CCCCCCCCCCCCCCCCCCCCCCCCCCCCCCCCCC)COP(=O)([O-])OCC[N+](C)(C)C. The molecule has 0 aromatic carbocycles. The Morgan fingerprint density at radius 1 is 0.448 bits per heavy atom. The van der Waals surface area contributed by atoms with Gasteiger partial charge in [0.05, 0.1) is 27.7 Å². The quantitative estimate of drug-likeness (QED) is 0.0195. The number of phosphoric ester groups is 1. The monoisotopic (exact) mass is 970 g/mol. The molecule has 0 spiro atoms. The van der Waals surface area contributed by atoms with Crippen molar-refractivity contribution in [2.24, 2.45) is 0 Å². The van der Waals surface area contributed by atoms with Crippen LogP contribution in [0.4, 0.5) is 0 Å². The molecule has 0 saturated carbocycles. The third kappa shape index (κ3) is 53.9. The highest BCUT2D eigenvalue weighted by molar-refractivity contribution is 7.45. The number of carbonyl (C=O) groups is 2. The van der Waals surface area contributed by atoms with Crippen LogP contribution in [0.3, 0.4) is 0 Å². The molecule has 67 heavy (non-hydrogen) atoms. The van der Waals surface area contributed by atoms with Crippen LogP contribution < -0.4 is 4.89 Å². The van der Waals surface area contributed by atoms with E-state index >= 15 is 0 Å². The highest BCUT2D eigenvalue weighted by Gasteiger charge is 2.22. The Morgan fingerprint density at radius 2 is 0.776 bits per heavy atom. The number of ether oxygens (including phenoxy) is 2. The molecule has 0 rings (SSSR count). The molecule has 0 aliphatic heterocycles. The van der Waals surface area contributed by atoms with E-state index in [1.54, 1.807) is 0 Å². The molecule has 398 valence electrons. The van der Waals surface area contributed by atoms with Gasteiger partial charge in [-0.05, 0) is 32.1 Å². The van der Waals surface area contributed by atoms with Crippen molar-refractivity contribution in [3.05, 3.63) is 12.2 Å². The van der Waals surface area contributed by atoms with Gasteiger partial charge in [0.1, 0.15) is 19.8 Å². The van der Waals surface area contributed by atoms with Crippen LogP contribution in [0, 0.1) is 0 Å². The van der Waals surface area contributed by atoms with E-state index in [0.717, 1.165) is 57.8 Å². The first-order valence-electron chi connectivity index (χ1n) is 28.9. The predicted octanol–water partition coefficient (Wildman–Crippen LogP) is 17.0. The van der Waals surface area contributed by atoms with Crippen molar-refractivity contribution in [1.82, 2.24) is 0 Å². The standard InChI is InChI=1S/C57H112NO8P/c1-6-8-10-12-14-16-18-19-20-21-22-23-24-25-26-27-28-29-30-31-32-33-34-35-36-37-38-40-41-43-45-47-49-56(59)63-53-55(54-65-67(61,62)64-52-51-58(3,4)5)66-57(60)50-48-46-44-42-39-17-15-13-11-9-7-2/h13,15,55H,6-12,14,16-54H2,1-5H3/b15-13-. The molecule has 2 unspecified atom stereocenters. The summed E-state index contributed by atoms with van der Waals surface area (Å²) in [5, 5.41) is 0.